The Morgan fingerprint density at radius 1 is 1.02 bits per heavy atom. The van der Waals surface area contributed by atoms with Crippen LogP contribution in [0.2, 0.25) is 0 Å². The van der Waals surface area contributed by atoms with Gasteiger partial charge in [0.1, 0.15) is 0 Å². The Hall–Kier alpha value is -5.29. The number of hydrogen-bond donors (Lipinski definition) is 2. The average molecular weight is 592 g/mol. The summed E-state index contributed by atoms with van der Waals surface area (Å²) in [6.45, 7) is 8.55. The topological polar surface area (TPSA) is 137 Å². The van der Waals surface area contributed by atoms with Crippen LogP contribution in [0, 0.1) is 0 Å². The predicted molar refractivity (Wildman–Crippen MR) is 169 cm³/mol. The van der Waals surface area contributed by atoms with Gasteiger partial charge in [-0.1, -0.05) is 32.9 Å². The molecule has 3 N–H and O–H groups in total. The van der Waals surface area contributed by atoms with Crippen molar-refractivity contribution in [1.29, 1.82) is 0 Å². The molecule has 0 spiro atoms. The third-order valence-corrected chi connectivity index (χ3v) is 7.74. The van der Waals surface area contributed by atoms with Gasteiger partial charge >= 0.3 is 0 Å². The van der Waals surface area contributed by atoms with Gasteiger partial charge in [0, 0.05) is 29.7 Å². The third kappa shape index (κ3) is 5.45. The lowest BCUT2D eigenvalue weighted by Gasteiger charge is -2.26. The summed E-state index contributed by atoms with van der Waals surface area (Å²) in [6.07, 6.45) is 3.91. The SMILES string of the molecule is CC(C)(C)c1ccc2c(=O)n(-c3cccc(-n4cc(N)c(Nc5ccc(C(=O)N6CCOCC6)cc5)n4)c3C=O)ncc2c1. The molecule has 0 aliphatic carbocycles. The second kappa shape index (κ2) is 11.4. The zero-order valence-electron chi connectivity index (χ0n) is 24.8. The van der Waals surface area contributed by atoms with Crippen molar-refractivity contribution >= 4 is 40.2 Å². The van der Waals surface area contributed by atoms with E-state index in [1.807, 2.05) is 12.1 Å². The number of nitrogens with one attached hydrogen (secondary N) is 1. The molecule has 0 atom stereocenters. The van der Waals surface area contributed by atoms with Crippen molar-refractivity contribution in [2.24, 2.45) is 0 Å². The van der Waals surface area contributed by atoms with Crippen molar-refractivity contribution in [1.82, 2.24) is 24.5 Å². The summed E-state index contributed by atoms with van der Waals surface area (Å²) in [4.78, 5) is 40.5. The molecule has 0 bridgehead atoms. The van der Waals surface area contributed by atoms with E-state index in [4.69, 9.17) is 10.5 Å². The molecular weight excluding hydrogens is 558 g/mol. The van der Waals surface area contributed by atoms with Crippen molar-refractivity contribution in [2.45, 2.75) is 26.2 Å². The number of nitrogens with zero attached hydrogens (tertiary/aromatic N) is 5. The maximum absolute atomic E-state index is 13.5. The Labute approximate surface area is 253 Å². The zero-order valence-corrected chi connectivity index (χ0v) is 24.8. The van der Waals surface area contributed by atoms with Crippen molar-refractivity contribution in [2.75, 3.05) is 37.4 Å². The maximum Gasteiger partial charge on any atom is 0.279 e. The zero-order chi connectivity index (χ0) is 31.0. The van der Waals surface area contributed by atoms with E-state index in [0.29, 0.717) is 72.1 Å². The van der Waals surface area contributed by atoms with Gasteiger partial charge in [-0.3, -0.25) is 14.4 Å². The molecule has 44 heavy (non-hydrogen) atoms. The largest absolute Gasteiger partial charge is 0.394 e. The van der Waals surface area contributed by atoms with E-state index in [0.717, 1.165) is 10.9 Å². The van der Waals surface area contributed by atoms with Crippen LogP contribution in [0.1, 0.15) is 47.1 Å². The molecule has 224 valence electrons. The number of aromatic nitrogens is 4. The fourth-order valence-electron chi connectivity index (χ4n) is 5.22. The molecular formula is C33H33N7O4. The fourth-order valence-corrected chi connectivity index (χ4v) is 5.22. The van der Waals surface area contributed by atoms with Crippen LogP contribution < -0.4 is 16.6 Å². The van der Waals surface area contributed by atoms with E-state index in [2.05, 4.69) is 36.3 Å². The molecule has 1 fully saturated rings. The van der Waals surface area contributed by atoms with Crippen LogP contribution >= 0.6 is 0 Å². The quantitative estimate of drug-likeness (QED) is 0.276. The number of fused-ring (bicyclic) bond motifs is 1. The van der Waals surface area contributed by atoms with Crippen LogP contribution in [0.4, 0.5) is 17.2 Å². The minimum absolute atomic E-state index is 0.0421. The van der Waals surface area contributed by atoms with Gasteiger partial charge in [0.25, 0.3) is 11.5 Å². The molecule has 1 aliphatic heterocycles. The molecule has 3 aromatic carbocycles. The van der Waals surface area contributed by atoms with Crippen molar-refractivity contribution in [3.8, 4) is 11.4 Å². The molecule has 6 rings (SSSR count). The average Bonchev–Trinajstić information content (AvgIpc) is 3.40. The van der Waals surface area contributed by atoms with E-state index in [-0.39, 0.29) is 22.4 Å². The van der Waals surface area contributed by atoms with Crippen LogP contribution in [-0.4, -0.2) is 63.0 Å². The first kappa shape index (κ1) is 28.8. The number of nitrogens with two attached hydrogens (primary N) is 1. The lowest BCUT2D eigenvalue weighted by atomic mass is 9.86. The number of anilines is 3. The van der Waals surface area contributed by atoms with Crippen LogP contribution in [0.5, 0.6) is 0 Å². The van der Waals surface area contributed by atoms with Crippen LogP contribution in [0.3, 0.4) is 0 Å². The van der Waals surface area contributed by atoms with Gasteiger partial charge in [-0.15, -0.1) is 5.10 Å². The molecule has 1 amide bonds. The second-order valence-corrected chi connectivity index (χ2v) is 11.7. The van der Waals surface area contributed by atoms with Crippen LogP contribution in [-0.2, 0) is 10.2 Å². The van der Waals surface area contributed by atoms with E-state index in [9.17, 15) is 14.4 Å². The molecule has 1 aliphatic rings. The lowest BCUT2D eigenvalue weighted by Crippen LogP contribution is -2.40. The maximum atomic E-state index is 13.5. The van der Waals surface area contributed by atoms with Crippen molar-refractivity contribution < 1.29 is 14.3 Å². The monoisotopic (exact) mass is 591 g/mol. The number of aldehydes is 1. The summed E-state index contributed by atoms with van der Waals surface area (Å²) in [5, 5.41) is 13.4. The minimum Gasteiger partial charge on any atom is -0.394 e. The number of hydrogen-bond acceptors (Lipinski definition) is 8. The molecule has 3 heterocycles. The number of benzene rings is 3. The molecule has 1 saturated heterocycles. The van der Waals surface area contributed by atoms with Crippen molar-refractivity contribution in [3.63, 3.8) is 0 Å². The summed E-state index contributed by atoms with van der Waals surface area (Å²) < 4.78 is 8.05. The first-order chi connectivity index (χ1) is 21.1. The van der Waals surface area contributed by atoms with E-state index < -0.39 is 0 Å². The van der Waals surface area contributed by atoms with Gasteiger partial charge in [0.05, 0.1) is 53.6 Å². The summed E-state index contributed by atoms with van der Waals surface area (Å²) in [5.74, 6) is 0.328. The van der Waals surface area contributed by atoms with Gasteiger partial charge < -0.3 is 20.7 Å². The molecule has 2 aromatic heterocycles. The highest BCUT2D eigenvalue weighted by Crippen LogP contribution is 2.28. The Bertz CT molecular complexity index is 1930. The summed E-state index contributed by atoms with van der Waals surface area (Å²) in [7, 11) is 0. The highest BCUT2D eigenvalue weighted by Gasteiger charge is 2.20. The Morgan fingerprint density at radius 3 is 2.45 bits per heavy atom. The number of rotatable bonds is 6. The van der Waals surface area contributed by atoms with Crippen LogP contribution in [0.25, 0.3) is 22.1 Å². The van der Waals surface area contributed by atoms with Gasteiger partial charge in [-0.25, -0.2) is 4.68 Å². The van der Waals surface area contributed by atoms with E-state index in [1.165, 1.54) is 9.36 Å². The van der Waals surface area contributed by atoms with E-state index in [1.54, 1.807) is 65.8 Å². The normalized spacial score (nSPS) is 13.7. The van der Waals surface area contributed by atoms with Gasteiger partial charge in [-0.05, 0) is 59.5 Å². The number of ether oxygens (including phenoxy) is 1. The summed E-state index contributed by atoms with van der Waals surface area (Å²) in [5.41, 5.74) is 9.58. The standard InChI is InChI=1S/C33H33N7O4/c1-33(2,3)23-9-12-25-22(17-23)18-35-40(32(25)43)29-6-4-5-28(26(29)20-41)39-19-27(34)30(37-39)36-24-10-7-21(8-11-24)31(42)38-13-15-44-16-14-38/h4-12,17-20H,13-16,34H2,1-3H3,(H,36,37). The lowest BCUT2D eigenvalue weighted by molar-refractivity contribution is 0.0303. The molecule has 0 unspecified atom stereocenters. The Kier molecular flexibility index (Phi) is 7.48. The summed E-state index contributed by atoms with van der Waals surface area (Å²) >= 11 is 0. The van der Waals surface area contributed by atoms with Crippen LogP contribution in [0.15, 0.2) is 77.9 Å². The van der Waals surface area contributed by atoms with Crippen molar-refractivity contribution in [3.05, 3.63) is 100 Å². The smallest absolute Gasteiger partial charge is 0.279 e. The first-order valence-corrected chi connectivity index (χ1v) is 14.3. The second-order valence-electron chi connectivity index (χ2n) is 11.7. The predicted octanol–water partition coefficient (Wildman–Crippen LogP) is 4.48. The highest BCUT2D eigenvalue weighted by atomic mass is 16.5. The minimum atomic E-state index is -0.332. The molecule has 5 aromatic rings. The Morgan fingerprint density at radius 2 is 1.75 bits per heavy atom. The molecule has 11 heteroatoms. The summed E-state index contributed by atoms with van der Waals surface area (Å²) in [6, 6.07) is 17.9. The Balaban J connectivity index is 1.29. The number of morpholine rings is 1. The van der Waals surface area contributed by atoms with Gasteiger partial charge in [0.2, 0.25) is 0 Å². The van der Waals surface area contributed by atoms with E-state index >= 15 is 0 Å². The fraction of sp³-hybridized carbons (Fsp3) is 0.242. The molecule has 11 nitrogen and oxygen atoms in total. The van der Waals surface area contributed by atoms with Gasteiger partial charge in [-0.2, -0.15) is 9.78 Å². The van der Waals surface area contributed by atoms with Gasteiger partial charge in [0.15, 0.2) is 12.1 Å². The number of carbonyl (C=O) groups is 2. The highest BCUT2D eigenvalue weighted by molar-refractivity contribution is 5.94. The molecule has 0 saturated carbocycles. The first-order valence-electron chi connectivity index (χ1n) is 14.3. The number of nitrogen functional groups attached to an aromatic ring is 1. The number of amides is 1. The third-order valence-electron chi connectivity index (χ3n) is 7.74. The molecule has 0 radical (unpaired) electrons. The number of carbonyl (C=O) groups excluding carboxylic acids is 2.